The zero-order valence-corrected chi connectivity index (χ0v) is 9.27. The highest BCUT2D eigenvalue weighted by molar-refractivity contribution is 4.84. The Kier molecular flexibility index (Phi) is 3.97. The predicted molar refractivity (Wildman–Crippen MR) is 58.6 cm³/mol. The Morgan fingerprint density at radius 2 is 2.00 bits per heavy atom. The summed E-state index contributed by atoms with van der Waals surface area (Å²) in [4.78, 5) is 2.47. The highest BCUT2D eigenvalue weighted by Gasteiger charge is 2.28. The quantitative estimate of drug-likeness (QED) is 0.676. The minimum absolute atomic E-state index is 0.0225. The Bertz CT molecular complexity index is 193. The molecule has 0 spiro atoms. The lowest BCUT2D eigenvalue weighted by molar-refractivity contribution is -0.0688. The zero-order valence-electron chi connectivity index (χ0n) is 9.27. The number of aliphatic hydroxyl groups excluding tert-OH is 1. The third-order valence-electron chi connectivity index (χ3n) is 3.63. The van der Waals surface area contributed by atoms with E-state index in [0.29, 0.717) is 12.1 Å². The minimum atomic E-state index is 0.0225. The normalized spacial score (nSPS) is 39.2. The second kappa shape index (κ2) is 5.25. The number of ether oxygens (including phenoxy) is 1. The van der Waals surface area contributed by atoms with Gasteiger partial charge in [0.1, 0.15) is 0 Å². The SMILES string of the molecule is NC1CCC(N2CCOC(CO)C2)CC1. The molecule has 4 nitrogen and oxygen atoms in total. The van der Waals surface area contributed by atoms with Crippen LogP contribution in [0.3, 0.4) is 0 Å². The highest BCUT2D eigenvalue weighted by Crippen LogP contribution is 2.23. The Balaban J connectivity index is 1.82. The van der Waals surface area contributed by atoms with Gasteiger partial charge in [-0.05, 0) is 25.7 Å². The molecule has 3 N–H and O–H groups in total. The van der Waals surface area contributed by atoms with Crippen LogP contribution in [0.15, 0.2) is 0 Å². The Morgan fingerprint density at radius 3 is 2.67 bits per heavy atom. The summed E-state index contributed by atoms with van der Waals surface area (Å²) in [7, 11) is 0. The van der Waals surface area contributed by atoms with Gasteiger partial charge < -0.3 is 15.6 Å². The molecular formula is C11H22N2O2. The van der Waals surface area contributed by atoms with Gasteiger partial charge in [0.05, 0.1) is 19.3 Å². The molecule has 4 heteroatoms. The number of hydrogen-bond acceptors (Lipinski definition) is 4. The summed E-state index contributed by atoms with van der Waals surface area (Å²) in [6.45, 7) is 2.79. The average molecular weight is 214 g/mol. The molecular weight excluding hydrogens is 192 g/mol. The van der Waals surface area contributed by atoms with Crippen LogP contribution >= 0.6 is 0 Å². The van der Waals surface area contributed by atoms with Gasteiger partial charge in [-0.2, -0.15) is 0 Å². The van der Waals surface area contributed by atoms with E-state index < -0.39 is 0 Å². The van der Waals surface area contributed by atoms with E-state index in [1.165, 1.54) is 12.8 Å². The highest BCUT2D eigenvalue weighted by atomic mass is 16.5. The Labute approximate surface area is 91.4 Å². The van der Waals surface area contributed by atoms with E-state index in [9.17, 15) is 0 Å². The predicted octanol–water partition coefficient (Wildman–Crippen LogP) is -0.0506. The molecule has 2 fully saturated rings. The van der Waals surface area contributed by atoms with Gasteiger partial charge in [0.2, 0.25) is 0 Å². The zero-order chi connectivity index (χ0) is 10.7. The van der Waals surface area contributed by atoms with Gasteiger partial charge in [-0.1, -0.05) is 0 Å². The first-order valence-electron chi connectivity index (χ1n) is 6.01. The number of rotatable bonds is 2. The average Bonchev–Trinajstić information content (AvgIpc) is 2.30. The van der Waals surface area contributed by atoms with Crippen LogP contribution in [0.1, 0.15) is 25.7 Å². The van der Waals surface area contributed by atoms with Crippen LogP contribution in [0.5, 0.6) is 0 Å². The maximum Gasteiger partial charge on any atom is 0.0932 e. The molecule has 15 heavy (non-hydrogen) atoms. The molecule has 0 amide bonds. The molecule has 1 unspecified atom stereocenters. The van der Waals surface area contributed by atoms with Crippen LogP contribution in [-0.4, -0.2) is 54.5 Å². The van der Waals surface area contributed by atoms with Crippen molar-refractivity contribution in [2.45, 2.75) is 43.9 Å². The van der Waals surface area contributed by atoms with E-state index in [2.05, 4.69) is 4.90 Å². The number of nitrogens with two attached hydrogens (primary N) is 1. The smallest absolute Gasteiger partial charge is 0.0932 e. The lowest BCUT2D eigenvalue weighted by atomic mass is 9.90. The second-order valence-corrected chi connectivity index (χ2v) is 4.74. The summed E-state index contributed by atoms with van der Waals surface area (Å²) in [6.07, 6.45) is 4.73. The van der Waals surface area contributed by atoms with Crippen LogP contribution in [0.25, 0.3) is 0 Å². The van der Waals surface area contributed by atoms with Crippen LogP contribution in [0, 0.1) is 0 Å². The second-order valence-electron chi connectivity index (χ2n) is 4.74. The monoisotopic (exact) mass is 214 g/mol. The molecule has 0 bridgehead atoms. The number of nitrogens with zero attached hydrogens (tertiary/aromatic N) is 1. The number of hydrogen-bond donors (Lipinski definition) is 2. The maximum atomic E-state index is 9.08. The molecule has 1 aliphatic heterocycles. The summed E-state index contributed by atoms with van der Waals surface area (Å²) >= 11 is 0. The molecule has 0 aromatic heterocycles. The van der Waals surface area contributed by atoms with Gasteiger partial charge in [0.15, 0.2) is 0 Å². The molecule has 1 atom stereocenters. The Hall–Kier alpha value is -0.160. The van der Waals surface area contributed by atoms with Crippen molar-refractivity contribution < 1.29 is 9.84 Å². The van der Waals surface area contributed by atoms with Crippen molar-refractivity contribution in [2.24, 2.45) is 5.73 Å². The first-order valence-corrected chi connectivity index (χ1v) is 6.01. The van der Waals surface area contributed by atoms with E-state index in [1.807, 2.05) is 0 Å². The molecule has 1 heterocycles. The van der Waals surface area contributed by atoms with Crippen LogP contribution in [0.4, 0.5) is 0 Å². The minimum Gasteiger partial charge on any atom is -0.394 e. The fraction of sp³-hybridized carbons (Fsp3) is 1.00. The molecule has 1 saturated carbocycles. The summed E-state index contributed by atoms with van der Waals surface area (Å²) in [5, 5.41) is 9.08. The van der Waals surface area contributed by atoms with E-state index in [1.54, 1.807) is 0 Å². The first kappa shape index (κ1) is 11.3. The van der Waals surface area contributed by atoms with E-state index in [4.69, 9.17) is 15.6 Å². The van der Waals surface area contributed by atoms with E-state index >= 15 is 0 Å². The van der Waals surface area contributed by atoms with Crippen LogP contribution in [-0.2, 0) is 4.74 Å². The van der Waals surface area contributed by atoms with Gasteiger partial charge in [-0.25, -0.2) is 0 Å². The lowest BCUT2D eigenvalue weighted by Gasteiger charge is -2.40. The molecule has 0 aromatic rings. The van der Waals surface area contributed by atoms with Gasteiger partial charge in [-0.3, -0.25) is 4.90 Å². The molecule has 2 aliphatic rings. The third kappa shape index (κ3) is 2.91. The largest absolute Gasteiger partial charge is 0.394 e. The van der Waals surface area contributed by atoms with Gasteiger partial charge >= 0.3 is 0 Å². The maximum absolute atomic E-state index is 9.08. The van der Waals surface area contributed by atoms with Crippen LogP contribution in [0.2, 0.25) is 0 Å². The van der Waals surface area contributed by atoms with Crippen molar-refractivity contribution in [3.8, 4) is 0 Å². The fourth-order valence-corrected chi connectivity index (χ4v) is 2.65. The van der Waals surface area contributed by atoms with Gasteiger partial charge in [0, 0.05) is 25.2 Å². The summed E-state index contributed by atoms with van der Waals surface area (Å²) in [6, 6.07) is 1.08. The number of aliphatic hydroxyl groups is 1. The van der Waals surface area contributed by atoms with E-state index in [0.717, 1.165) is 32.5 Å². The van der Waals surface area contributed by atoms with Crippen molar-refractivity contribution >= 4 is 0 Å². The molecule has 1 aliphatic carbocycles. The van der Waals surface area contributed by atoms with Crippen LogP contribution < -0.4 is 5.73 Å². The summed E-state index contributed by atoms with van der Waals surface area (Å²) in [5.74, 6) is 0. The molecule has 88 valence electrons. The summed E-state index contributed by atoms with van der Waals surface area (Å²) < 4.78 is 5.45. The van der Waals surface area contributed by atoms with Crippen molar-refractivity contribution in [1.82, 2.24) is 4.90 Å². The van der Waals surface area contributed by atoms with Gasteiger partial charge in [-0.15, -0.1) is 0 Å². The van der Waals surface area contributed by atoms with Crippen molar-refractivity contribution in [2.75, 3.05) is 26.3 Å². The van der Waals surface area contributed by atoms with Crippen molar-refractivity contribution in [1.29, 1.82) is 0 Å². The lowest BCUT2D eigenvalue weighted by Crippen LogP contribution is -2.50. The van der Waals surface area contributed by atoms with E-state index in [-0.39, 0.29) is 12.7 Å². The first-order chi connectivity index (χ1) is 7.29. The molecule has 0 aromatic carbocycles. The summed E-state index contributed by atoms with van der Waals surface area (Å²) in [5.41, 5.74) is 5.90. The van der Waals surface area contributed by atoms with Crippen molar-refractivity contribution in [3.05, 3.63) is 0 Å². The van der Waals surface area contributed by atoms with Crippen molar-refractivity contribution in [3.63, 3.8) is 0 Å². The standard InChI is InChI=1S/C11H22N2O2/c12-9-1-3-10(4-2-9)13-5-6-15-11(7-13)8-14/h9-11,14H,1-8,12H2. The topological polar surface area (TPSA) is 58.7 Å². The molecule has 0 radical (unpaired) electrons. The van der Waals surface area contributed by atoms with Gasteiger partial charge in [0.25, 0.3) is 0 Å². The third-order valence-corrected chi connectivity index (χ3v) is 3.63. The molecule has 2 rings (SSSR count). The Morgan fingerprint density at radius 1 is 1.27 bits per heavy atom. The fourth-order valence-electron chi connectivity index (χ4n) is 2.65. The number of morpholine rings is 1. The molecule has 1 saturated heterocycles.